The van der Waals surface area contributed by atoms with Gasteiger partial charge in [-0.3, -0.25) is 4.90 Å². The minimum Gasteiger partial charge on any atom is -0.392 e. The molecule has 2 nitrogen and oxygen atoms in total. The molecule has 0 bridgehead atoms. The standard InChI is InChI=1S/C9H18N2S2/c1-3-8-6-11(4-5-13-8)7(2)9(10)12/h7-8H,3-6H2,1-2H3,(H2,10,12). The second kappa shape index (κ2) is 5.17. The van der Waals surface area contributed by atoms with Crippen LogP contribution >= 0.6 is 24.0 Å². The van der Waals surface area contributed by atoms with E-state index in [0.717, 1.165) is 18.3 Å². The number of hydrogen-bond acceptors (Lipinski definition) is 3. The van der Waals surface area contributed by atoms with Crippen molar-refractivity contribution in [1.82, 2.24) is 4.90 Å². The zero-order chi connectivity index (χ0) is 9.84. The highest BCUT2D eigenvalue weighted by atomic mass is 32.2. The van der Waals surface area contributed by atoms with Crippen LogP contribution in [0.2, 0.25) is 0 Å². The van der Waals surface area contributed by atoms with Crippen molar-refractivity contribution >= 4 is 29.0 Å². The lowest BCUT2D eigenvalue weighted by molar-refractivity contribution is 0.261. The average Bonchev–Trinajstić information content (AvgIpc) is 2.16. The van der Waals surface area contributed by atoms with Crippen LogP contribution < -0.4 is 5.73 Å². The largest absolute Gasteiger partial charge is 0.392 e. The first-order valence-corrected chi connectivity index (χ1v) is 6.25. The van der Waals surface area contributed by atoms with Gasteiger partial charge < -0.3 is 5.73 Å². The molecule has 0 aromatic carbocycles. The summed E-state index contributed by atoms with van der Waals surface area (Å²) in [5, 5.41) is 0.769. The highest BCUT2D eigenvalue weighted by Gasteiger charge is 2.23. The lowest BCUT2D eigenvalue weighted by Gasteiger charge is -2.35. The summed E-state index contributed by atoms with van der Waals surface area (Å²) in [7, 11) is 0. The van der Waals surface area contributed by atoms with Crippen molar-refractivity contribution in [1.29, 1.82) is 0 Å². The topological polar surface area (TPSA) is 29.3 Å². The quantitative estimate of drug-likeness (QED) is 0.727. The number of thioether (sulfide) groups is 1. The highest BCUT2D eigenvalue weighted by molar-refractivity contribution is 8.00. The lowest BCUT2D eigenvalue weighted by Crippen LogP contribution is -2.48. The maximum absolute atomic E-state index is 5.64. The molecular formula is C9H18N2S2. The van der Waals surface area contributed by atoms with Gasteiger partial charge in [0.05, 0.1) is 11.0 Å². The maximum atomic E-state index is 5.64. The minimum absolute atomic E-state index is 0.268. The van der Waals surface area contributed by atoms with Crippen molar-refractivity contribution in [2.24, 2.45) is 5.73 Å². The van der Waals surface area contributed by atoms with Crippen LogP contribution in [0.3, 0.4) is 0 Å². The first kappa shape index (κ1) is 11.3. The number of hydrogen-bond donors (Lipinski definition) is 1. The summed E-state index contributed by atoms with van der Waals surface area (Å²) >= 11 is 7.07. The van der Waals surface area contributed by atoms with E-state index in [1.807, 2.05) is 0 Å². The third-order valence-corrected chi connectivity index (χ3v) is 4.30. The van der Waals surface area contributed by atoms with Crippen LogP contribution in [0.4, 0.5) is 0 Å². The van der Waals surface area contributed by atoms with Gasteiger partial charge in [-0.2, -0.15) is 11.8 Å². The van der Waals surface area contributed by atoms with Crippen LogP contribution in [-0.4, -0.2) is 40.0 Å². The summed E-state index contributed by atoms with van der Waals surface area (Å²) in [4.78, 5) is 3.02. The van der Waals surface area contributed by atoms with E-state index in [0.29, 0.717) is 4.99 Å². The molecule has 2 N–H and O–H groups in total. The summed E-state index contributed by atoms with van der Waals surface area (Å²) in [6.07, 6.45) is 1.24. The van der Waals surface area contributed by atoms with Crippen LogP contribution in [0.5, 0.6) is 0 Å². The van der Waals surface area contributed by atoms with Gasteiger partial charge in [0, 0.05) is 24.1 Å². The van der Waals surface area contributed by atoms with Crippen LogP contribution in [0.15, 0.2) is 0 Å². The third-order valence-electron chi connectivity index (χ3n) is 2.59. The molecule has 0 spiro atoms. The fourth-order valence-corrected chi connectivity index (χ4v) is 2.88. The van der Waals surface area contributed by atoms with Gasteiger partial charge >= 0.3 is 0 Å². The van der Waals surface area contributed by atoms with Gasteiger partial charge in [0.25, 0.3) is 0 Å². The molecular weight excluding hydrogens is 200 g/mol. The summed E-state index contributed by atoms with van der Waals surface area (Å²) in [5.41, 5.74) is 5.64. The molecule has 0 aromatic rings. The van der Waals surface area contributed by atoms with Crippen LogP contribution in [0.1, 0.15) is 20.3 Å². The van der Waals surface area contributed by atoms with Crippen molar-refractivity contribution in [3.05, 3.63) is 0 Å². The van der Waals surface area contributed by atoms with Gasteiger partial charge in [-0.25, -0.2) is 0 Å². The zero-order valence-electron chi connectivity index (χ0n) is 8.32. The van der Waals surface area contributed by atoms with Crippen molar-refractivity contribution in [2.75, 3.05) is 18.8 Å². The molecule has 1 heterocycles. The van der Waals surface area contributed by atoms with Crippen LogP contribution in [-0.2, 0) is 0 Å². The molecule has 0 saturated carbocycles. The Kier molecular flexibility index (Phi) is 4.49. The van der Waals surface area contributed by atoms with Gasteiger partial charge in [0.15, 0.2) is 0 Å². The Labute approximate surface area is 90.2 Å². The van der Waals surface area contributed by atoms with E-state index in [9.17, 15) is 0 Å². The molecule has 1 rings (SSSR count). The van der Waals surface area contributed by atoms with Crippen LogP contribution in [0.25, 0.3) is 0 Å². The second-order valence-electron chi connectivity index (χ2n) is 3.47. The first-order chi connectivity index (χ1) is 6.15. The molecule has 2 unspecified atom stereocenters. The third kappa shape index (κ3) is 3.11. The van der Waals surface area contributed by atoms with Gasteiger partial charge in [0.1, 0.15) is 0 Å². The minimum atomic E-state index is 0.268. The van der Waals surface area contributed by atoms with Gasteiger partial charge in [-0.05, 0) is 13.3 Å². The van der Waals surface area contributed by atoms with Crippen LogP contribution in [0, 0.1) is 0 Å². The van der Waals surface area contributed by atoms with Crippen molar-refractivity contribution in [3.63, 3.8) is 0 Å². The van der Waals surface area contributed by atoms with E-state index in [4.69, 9.17) is 18.0 Å². The highest BCUT2D eigenvalue weighted by Crippen LogP contribution is 2.22. The molecule has 0 aromatic heterocycles. The molecule has 13 heavy (non-hydrogen) atoms. The number of nitrogens with two attached hydrogens (primary N) is 1. The van der Waals surface area contributed by atoms with Gasteiger partial charge in [-0.15, -0.1) is 0 Å². The van der Waals surface area contributed by atoms with Crippen molar-refractivity contribution in [3.8, 4) is 0 Å². The number of rotatable bonds is 3. The Hall–Kier alpha value is 0.200. The Bertz CT molecular complexity index is 184. The molecule has 1 aliphatic rings. The van der Waals surface area contributed by atoms with E-state index >= 15 is 0 Å². The average molecular weight is 218 g/mol. The Balaban J connectivity index is 2.46. The van der Waals surface area contributed by atoms with Crippen molar-refractivity contribution < 1.29 is 0 Å². The van der Waals surface area contributed by atoms with E-state index < -0.39 is 0 Å². The molecule has 0 amide bonds. The maximum Gasteiger partial charge on any atom is 0.0899 e. The first-order valence-electron chi connectivity index (χ1n) is 4.80. The summed E-state index contributed by atoms with van der Waals surface area (Å²) in [5.74, 6) is 1.21. The molecule has 4 heteroatoms. The predicted octanol–water partition coefficient (Wildman–Crippen LogP) is 1.49. The molecule has 76 valence electrons. The molecule has 2 atom stereocenters. The Morgan fingerprint density at radius 3 is 3.00 bits per heavy atom. The molecule has 0 radical (unpaired) electrons. The Morgan fingerprint density at radius 2 is 2.46 bits per heavy atom. The monoisotopic (exact) mass is 218 g/mol. The molecule has 1 aliphatic heterocycles. The molecule has 1 saturated heterocycles. The van der Waals surface area contributed by atoms with E-state index in [-0.39, 0.29) is 6.04 Å². The van der Waals surface area contributed by atoms with E-state index in [2.05, 4.69) is 30.5 Å². The molecule has 0 aliphatic carbocycles. The fraction of sp³-hybridized carbons (Fsp3) is 0.889. The second-order valence-corrected chi connectivity index (χ2v) is 5.35. The Morgan fingerprint density at radius 1 is 1.77 bits per heavy atom. The smallest absolute Gasteiger partial charge is 0.0899 e. The number of nitrogens with zero attached hydrogens (tertiary/aromatic N) is 1. The molecule has 1 fully saturated rings. The summed E-state index contributed by atoms with van der Waals surface area (Å²) in [6, 6.07) is 0.268. The van der Waals surface area contributed by atoms with Gasteiger partial charge in [0.2, 0.25) is 0 Å². The fourth-order valence-electron chi connectivity index (χ4n) is 1.52. The van der Waals surface area contributed by atoms with Gasteiger partial charge in [-0.1, -0.05) is 19.1 Å². The summed E-state index contributed by atoms with van der Waals surface area (Å²) in [6.45, 7) is 6.61. The van der Waals surface area contributed by atoms with E-state index in [1.54, 1.807) is 0 Å². The number of thiocarbonyl (C=S) groups is 1. The lowest BCUT2D eigenvalue weighted by atomic mass is 10.2. The predicted molar refractivity (Wildman–Crippen MR) is 64.4 cm³/mol. The normalized spacial score (nSPS) is 27.1. The van der Waals surface area contributed by atoms with E-state index in [1.165, 1.54) is 12.2 Å². The van der Waals surface area contributed by atoms with Crippen molar-refractivity contribution in [2.45, 2.75) is 31.6 Å². The SMILES string of the molecule is CCC1CN(C(C)C(N)=S)CCS1. The summed E-state index contributed by atoms with van der Waals surface area (Å²) < 4.78 is 0. The zero-order valence-corrected chi connectivity index (χ0v) is 9.96.